The smallest absolute Gasteiger partial charge is 0.410 e. The molecule has 10 heteroatoms. The third kappa shape index (κ3) is 5.16. The van der Waals surface area contributed by atoms with Crippen molar-refractivity contribution in [3.8, 4) is 23.0 Å². The summed E-state index contributed by atoms with van der Waals surface area (Å²) in [5.41, 5.74) is 1.76. The molecule has 1 aliphatic heterocycles. The van der Waals surface area contributed by atoms with Crippen molar-refractivity contribution in [2.75, 3.05) is 33.3 Å². The number of carbonyl (C=O) groups excluding carboxylic acids is 2. The molecule has 0 spiro atoms. The normalized spacial score (nSPS) is 14.1. The fraction of sp³-hybridized carbons (Fsp3) is 0.375. The van der Waals surface area contributed by atoms with E-state index in [1.165, 1.54) is 0 Å². The Kier molecular flexibility index (Phi) is 6.49. The molecular weight excluding hydrogens is 436 g/mol. The molecule has 1 aliphatic rings. The molecule has 0 aliphatic carbocycles. The first-order valence-electron chi connectivity index (χ1n) is 11.0. The maximum absolute atomic E-state index is 13.3. The van der Waals surface area contributed by atoms with Gasteiger partial charge in [-0.3, -0.25) is 9.78 Å². The molecule has 4 rings (SSSR count). The predicted octanol–water partition coefficient (Wildman–Crippen LogP) is 3.03. The SMILES string of the molecule is COc1ccc(-n2nc(C(=O)N3CCN(C(=O)OC(C)(C)C)CC3)cc2-c2ccccn2)cn1. The molecule has 0 N–H and O–H groups in total. The molecule has 0 atom stereocenters. The summed E-state index contributed by atoms with van der Waals surface area (Å²) in [6, 6.07) is 10.8. The van der Waals surface area contributed by atoms with Crippen LogP contribution in [0.25, 0.3) is 17.1 Å². The number of aromatic nitrogens is 4. The van der Waals surface area contributed by atoms with Crippen LogP contribution in [0.1, 0.15) is 31.3 Å². The van der Waals surface area contributed by atoms with E-state index in [1.54, 1.807) is 46.1 Å². The molecule has 0 unspecified atom stereocenters. The van der Waals surface area contributed by atoms with Crippen molar-refractivity contribution < 1.29 is 19.1 Å². The van der Waals surface area contributed by atoms with Crippen LogP contribution in [0.2, 0.25) is 0 Å². The summed E-state index contributed by atoms with van der Waals surface area (Å²) >= 11 is 0. The first kappa shape index (κ1) is 23.2. The van der Waals surface area contributed by atoms with Gasteiger partial charge in [-0.25, -0.2) is 14.5 Å². The summed E-state index contributed by atoms with van der Waals surface area (Å²) in [6.07, 6.45) is 2.95. The second-order valence-corrected chi connectivity index (χ2v) is 8.86. The Morgan fingerprint density at radius 1 is 0.971 bits per heavy atom. The summed E-state index contributed by atoms with van der Waals surface area (Å²) in [5, 5.41) is 4.59. The van der Waals surface area contributed by atoms with Crippen LogP contribution in [-0.2, 0) is 4.74 Å². The second kappa shape index (κ2) is 9.50. The average molecular weight is 465 g/mol. The van der Waals surface area contributed by atoms with Crippen molar-refractivity contribution in [1.82, 2.24) is 29.5 Å². The Labute approximate surface area is 198 Å². The van der Waals surface area contributed by atoms with Gasteiger partial charge in [-0.2, -0.15) is 5.10 Å². The quantitative estimate of drug-likeness (QED) is 0.585. The summed E-state index contributed by atoms with van der Waals surface area (Å²) in [7, 11) is 1.55. The largest absolute Gasteiger partial charge is 0.481 e. The highest BCUT2D eigenvalue weighted by atomic mass is 16.6. The molecule has 2 amide bonds. The van der Waals surface area contributed by atoms with Crippen LogP contribution in [-0.4, -0.2) is 80.4 Å². The topological polar surface area (TPSA) is 103 Å². The number of hydrogen-bond donors (Lipinski definition) is 0. The molecule has 0 radical (unpaired) electrons. The van der Waals surface area contributed by atoms with Crippen molar-refractivity contribution in [2.24, 2.45) is 0 Å². The predicted molar refractivity (Wildman–Crippen MR) is 125 cm³/mol. The first-order chi connectivity index (χ1) is 16.2. The van der Waals surface area contributed by atoms with Gasteiger partial charge in [0.05, 0.1) is 30.4 Å². The number of carbonyl (C=O) groups is 2. The van der Waals surface area contributed by atoms with Gasteiger partial charge in [0.25, 0.3) is 5.91 Å². The fourth-order valence-electron chi connectivity index (χ4n) is 3.58. The van der Waals surface area contributed by atoms with E-state index in [1.807, 2.05) is 45.0 Å². The monoisotopic (exact) mass is 464 g/mol. The number of nitrogens with zero attached hydrogens (tertiary/aromatic N) is 6. The highest BCUT2D eigenvalue weighted by molar-refractivity contribution is 5.93. The molecule has 3 aromatic rings. The summed E-state index contributed by atoms with van der Waals surface area (Å²) < 4.78 is 12.2. The van der Waals surface area contributed by atoms with Crippen molar-refractivity contribution in [1.29, 1.82) is 0 Å². The number of rotatable bonds is 4. The van der Waals surface area contributed by atoms with E-state index in [0.29, 0.717) is 54.8 Å². The standard InChI is InChI=1S/C24H28N6O4/c1-24(2,3)34-23(32)29-13-11-28(12-14-29)22(31)19-15-20(18-7-5-6-10-25-18)30(27-19)17-8-9-21(33-4)26-16-17/h5-10,15-16H,11-14H2,1-4H3. The van der Waals surface area contributed by atoms with Gasteiger partial charge in [0, 0.05) is 38.4 Å². The Bertz CT molecular complexity index is 1150. The van der Waals surface area contributed by atoms with E-state index in [9.17, 15) is 9.59 Å². The van der Waals surface area contributed by atoms with Crippen LogP contribution < -0.4 is 4.74 Å². The van der Waals surface area contributed by atoms with Crippen LogP contribution in [0.5, 0.6) is 5.88 Å². The fourth-order valence-corrected chi connectivity index (χ4v) is 3.58. The number of methoxy groups -OCH3 is 1. The van der Waals surface area contributed by atoms with Gasteiger partial charge in [0.1, 0.15) is 5.60 Å². The number of amides is 2. The van der Waals surface area contributed by atoms with Crippen LogP contribution in [0.3, 0.4) is 0 Å². The van der Waals surface area contributed by atoms with Crippen LogP contribution in [0, 0.1) is 0 Å². The van der Waals surface area contributed by atoms with Gasteiger partial charge < -0.3 is 19.3 Å². The third-order valence-corrected chi connectivity index (χ3v) is 5.25. The molecule has 4 heterocycles. The number of piperazine rings is 1. The Hall–Kier alpha value is -3.95. The van der Waals surface area contributed by atoms with E-state index < -0.39 is 5.60 Å². The molecule has 10 nitrogen and oxygen atoms in total. The van der Waals surface area contributed by atoms with E-state index in [0.717, 1.165) is 0 Å². The maximum atomic E-state index is 13.3. The van der Waals surface area contributed by atoms with Gasteiger partial charge in [0.2, 0.25) is 5.88 Å². The zero-order valence-electron chi connectivity index (χ0n) is 19.8. The minimum atomic E-state index is -0.560. The zero-order valence-corrected chi connectivity index (χ0v) is 19.8. The summed E-state index contributed by atoms with van der Waals surface area (Å²) in [6.45, 7) is 7.09. The molecule has 1 fully saturated rings. The molecule has 178 valence electrons. The lowest BCUT2D eigenvalue weighted by molar-refractivity contribution is 0.0140. The molecule has 0 bridgehead atoms. The maximum Gasteiger partial charge on any atom is 0.410 e. The van der Waals surface area contributed by atoms with Crippen molar-refractivity contribution in [2.45, 2.75) is 26.4 Å². The summed E-state index contributed by atoms with van der Waals surface area (Å²) in [4.78, 5) is 37.6. The minimum Gasteiger partial charge on any atom is -0.481 e. The van der Waals surface area contributed by atoms with Gasteiger partial charge in [-0.1, -0.05) is 6.07 Å². The highest BCUT2D eigenvalue weighted by Crippen LogP contribution is 2.24. The van der Waals surface area contributed by atoms with Crippen LogP contribution in [0.15, 0.2) is 48.8 Å². The van der Waals surface area contributed by atoms with E-state index in [4.69, 9.17) is 9.47 Å². The second-order valence-electron chi connectivity index (χ2n) is 8.86. The van der Waals surface area contributed by atoms with Crippen molar-refractivity contribution in [3.63, 3.8) is 0 Å². The van der Waals surface area contributed by atoms with E-state index in [-0.39, 0.29) is 12.0 Å². The van der Waals surface area contributed by atoms with E-state index in [2.05, 4.69) is 15.1 Å². The lowest BCUT2D eigenvalue weighted by Crippen LogP contribution is -2.51. The van der Waals surface area contributed by atoms with Gasteiger partial charge in [-0.15, -0.1) is 0 Å². The highest BCUT2D eigenvalue weighted by Gasteiger charge is 2.29. The van der Waals surface area contributed by atoms with Crippen LogP contribution in [0.4, 0.5) is 4.79 Å². The number of ether oxygens (including phenoxy) is 2. The Balaban J connectivity index is 1.55. The molecular formula is C24H28N6O4. The Morgan fingerprint density at radius 2 is 1.71 bits per heavy atom. The van der Waals surface area contributed by atoms with Crippen molar-refractivity contribution >= 4 is 12.0 Å². The minimum absolute atomic E-state index is 0.207. The lowest BCUT2D eigenvalue weighted by atomic mass is 10.2. The molecule has 34 heavy (non-hydrogen) atoms. The molecule has 0 saturated carbocycles. The first-order valence-corrected chi connectivity index (χ1v) is 11.0. The number of hydrogen-bond acceptors (Lipinski definition) is 7. The third-order valence-electron chi connectivity index (χ3n) is 5.25. The zero-order chi connectivity index (χ0) is 24.3. The lowest BCUT2D eigenvalue weighted by Gasteiger charge is -2.35. The van der Waals surface area contributed by atoms with Crippen LogP contribution >= 0.6 is 0 Å². The van der Waals surface area contributed by atoms with Gasteiger partial charge >= 0.3 is 6.09 Å². The molecule has 0 aromatic carbocycles. The van der Waals surface area contributed by atoms with Gasteiger partial charge in [0.15, 0.2) is 5.69 Å². The summed E-state index contributed by atoms with van der Waals surface area (Å²) in [5.74, 6) is 0.274. The van der Waals surface area contributed by atoms with Gasteiger partial charge in [-0.05, 0) is 45.0 Å². The molecule has 3 aromatic heterocycles. The van der Waals surface area contributed by atoms with E-state index >= 15 is 0 Å². The molecule has 1 saturated heterocycles. The van der Waals surface area contributed by atoms with Crippen molar-refractivity contribution in [3.05, 3.63) is 54.5 Å². The number of pyridine rings is 2. The average Bonchev–Trinajstić information content (AvgIpc) is 3.29. The Morgan fingerprint density at radius 3 is 2.29 bits per heavy atom.